The highest BCUT2D eigenvalue weighted by molar-refractivity contribution is 6.29. The van der Waals surface area contributed by atoms with Gasteiger partial charge in [0.05, 0.1) is 18.1 Å². The van der Waals surface area contributed by atoms with E-state index in [-0.39, 0.29) is 0 Å². The molecular weight excluding hydrogens is 300 g/mol. The standard InChI is InChI=1S/C15H19ClN6/c1-21(11-12-9-20-14(16)10-19-12)13-3-7-22(8-4-13)15-17-5-2-6-18-15/h2,5-6,9-10,13H,3-4,7-8,11H2,1H3. The minimum Gasteiger partial charge on any atom is -0.341 e. The van der Waals surface area contributed by atoms with Crippen LogP contribution in [0.15, 0.2) is 30.9 Å². The molecule has 1 fully saturated rings. The van der Waals surface area contributed by atoms with Crippen LogP contribution in [-0.4, -0.2) is 51.0 Å². The van der Waals surface area contributed by atoms with Gasteiger partial charge in [-0.2, -0.15) is 0 Å². The molecule has 3 rings (SSSR count). The third kappa shape index (κ3) is 3.69. The van der Waals surface area contributed by atoms with Crippen molar-refractivity contribution in [3.8, 4) is 0 Å². The predicted octanol–water partition coefficient (Wildman–Crippen LogP) is 2.02. The van der Waals surface area contributed by atoms with Crippen molar-refractivity contribution in [3.05, 3.63) is 41.7 Å². The van der Waals surface area contributed by atoms with E-state index in [4.69, 9.17) is 11.6 Å². The molecule has 0 radical (unpaired) electrons. The average Bonchev–Trinajstić information content (AvgIpc) is 2.58. The first-order valence-corrected chi connectivity index (χ1v) is 7.79. The molecule has 6 nitrogen and oxygen atoms in total. The lowest BCUT2D eigenvalue weighted by Gasteiger charge is -2.36. The van der Waals surface area contributed by atoms with E-state index in [2.05, 4.69) is 36.8 Å². The largest absolute Gasteiger partial charge is 0.341 e. The Kier molecular flexibility index (Phi) is 4.80. The third-order valence-corrected chi connectivity index (χ3v) is 4.20. The van der Waals surface area contributed by atoms with Crippen LogP contribution >= 0.6 is 11.6 Å². The summed E-state index contributed by atoms with van der Waals surface area (Å²) in [4.78, 5) is 21.6. The molecule has 116 valence electrons. The van der Waals surface area contributed by atoms with E-state index in [0.29, 0.717) is 11.2 Å². The third-order valence-electron chi connectivity index (χ3n) is 4.01. The van der Waals surface area contributed by atoms with E-state index in [0.717, 1.165) is 44.1 Å². The van der Waals surface area contributed by atoms with Gasteiger partial charge in [0.2, 0.25) is 5.95 Å². The van der Waals surface area contributed by atoms with Crippen molar-refractivity contribution in [2.24, 2.45) is 0 Å². The van der Waals surface area contributed by atoms with E-state index < -0.39 is 0 Å². The van der Waals surface area contributed by atoms with Crippen LogP contribution in [0.5, 0.6) is 0 Å². The van der Waals surface area contributed by atoms with Gasteiger partial charge >= 0.3 is 0 Å². The van der Waals surface area contributed by atoms with Crippen molar-refractivity contribution >= 4 is 17.5 Å². The fourth-order valence-electron chi connectivity index (χ4n) is 2.77. The summed E-state index contributed by atoms with van der Waals surface area (Å²) >= 11 is 5.77. The van der Waals surface area contributed by atoms with Gasteiger partial charge in [0.25, 0.3) is 0 Å². The quantitative estimate of drug-likeness (QED) is 0.859. The Morgan fingerprint density at radius 3 is 2.50 bits per heavy atom. The molecule has 0 N–H and O–H groups in total. The van der Waals surface area contributed by atoms with Crippen LogP contribution < -0.4 is 4.90 Å². The molecule has 0 atom stereocenters. The Balaban J connectivity index is 1.53. The summed E-state index contributed by atoms with van der Waals surface area (Å²) in [6.07, 6.45) is 9.11. The molecule has 0 aliphatic carbocycles. The highest BCUT2D eigenvalue weighted by atomic mass is 35.5. The van der Waals surface area contributed by atoms with Gasteiger partial charge in [-0.25, -0.2) is 15.0 Å². The van der Waals surface area contributed by atoms with Gasteiger partial charge in [-0.1, -0.05) is 11.6 Å². The highest BCUT2D eigenvalue weighted by Gasteiger charge is 2.23. The van der Waals surface area contributed by atoms with Crippen LogP contribution in [0.1, 0.15) is 18.5 Å². The monoisotopic (exact) mass is 318 g/mol. The summed E-state index contributed by atoms with van der Waals surface area (Å²) in [6.45, 7) is 2.74. The first-order valence-electron chi connectivity index (χ1n) is 7.41. The summed E-state index contributed by atoms with van der Waals surface area (Å²) in [6, 6.07) is 2.38. The summed E-state index contributed by atoms with van der Waals surface area (Å²) < 4.78 is 0. The van der Waals surface area contributed by atoms with Gasteiger partial charge in [0.15, 0.2) is 0 Å². The molecule has 0 saturated carbocycles. The van der Waals surface area contributed by atoms with Crippen LogP contribution in [0.25, 0.3) is 0 Å². The van der Waals surface area contributed by atoms with Crippen LogP contribution in [0.2, 0.25) is 5.15 Å². The second kappa shape index (κ2) is 6.98. The van der Waals surface area contributed by atoms with Crippen molar-refractivity contribution in [1.82, 2.24) is 24.8 Å². The normalized spacial score (nSPS) is 16.2. The van der Waals surface area contributed by atoms with Crippen molar-refractivity contribution in [3.63, 3.8) is 0 Å². The molecule has 0 spiro atoms. The molecule has 0 unspecified atom stereocenters. The Bertz CT molecular complexity index is 583. The van der Waals surface area contributed by atoms with Gasteiger partial charge in [-0.15, -0.1) is 0 Å². The Morgan fingerprint density at radius 1 is 1.14 bits per heavy atom. The Labute approximate surface area is 135 Å². The summed E-state index contributed by atoms with van der Waals surface area (Å²) in [5.74, 6) is 0.826. The number of piperidine rings is 1. The summed E-state index contributed by atoms with van der Waals surface area (Å²) in [5.41, 5.74) is 0.945. The fourth-order valence-corrected chi connectivity index (χ4v) is 2.86. The van der Waals surface area contributed by atoms with E-state index in [1.807, 2.05) is 6.07 Å². The van der Waals surface area contributed by atoms with Crippen LogP contribution in [0.4, 0.5) is 5.95 Å². The first-order chi connectivity index (χ1) is 10.7. The molecule has 0 amide bonds. The van der Waals surface area contributed by atoms with Crippen molar-refractivity contribution in [2.75, 3.05) is 25.0 Å². The first kappa shape index (κ1) is 15.1. The van der Waals surface area contributed by atoms with E-state index >= 15 is 0 Å². The van der Waals surface area contributed by atoms with Gasteiger partial charge in [0.1, 0.15) is 5.15 Å². The lowest BCUT2D eigenvalue weighted by Crippen LogP contribution is -2.43. The fraction of sp³-hybridized carbons (Fsp3) is 0.467. The molecule has 1 aliphatic heterocycles. The molecule has 22 heavy (non-hydrogen) atoms. The van der Waals surface area contributed by atoms with Crippen molar-refractivity contribution < 1.29 is 0 Å². The minimum absolute atomic E-state index is 0.433. The summed E-state index contributed by atoms with van der Waals surface area (Å²) in [5, 5.41) is 0.433. The van der Waals surface area contributed by atoms with E-state index in [1.54, 1.807) is 24.8 Å². The smallest absolute Gasteiger partial charge is 0.225 e. The van der Waals surface area contributed by atoms with E-state index in [9.17, 15) is 0 Å². The SMILES string of the molecule is CN(Cc1cnc(Cl)cn1)C1CCN(c2ncccn2)CC1. The topological polar surface area (TPSA) is 58.0 Å². The number of anilines is 1. The van der Waals surface area contributed by atoms with E-state index in [1.165, 1.54) is 0 Å². The molecule has 0 bridgehead atoms. The maximum absolute atomic E-state index is 5.77. The lowest BCUT2D eigenvalue weighted by atomic mass is 10.0. The molecule has 1 saturated heterocycles. The predicted molar refractivity (Wildman–Crippen MR) is 85.8 cm³/mol. The molecule has 2 aromatic heterocycles. The number of hydrogen-bond acceptors (Lipinski definition) is 6. The van der Waals surface area contributed by atoms with Gasteiger partial charge < -0.3 is 4.90 Å². The molecule has 3 heterocycles. The maximum atomic E-state index is 5.77. The van der Waals surface area contributed by atoms with Crippen LogP contribution in [0, 0.1) is 0 Å². The molecule has 0 aromatic carbocycles. The Hall–Kier alpha value is -1.79. The zero-order valence-corrected chi connectivity index (χ0v) is 13.3. The second-order valence-electron chi connectivity index (χ2n) is 5.51. The van der Waals surface area contributed by atoms with Crippen LogP contribution in [-0.2, 0) is 6.54 Å². The van der Waals surface area contributed by atoms with Crippen molar-refractivity contribution in [2.45, 2.75) is 25.4 Å². The zero-order valence-electron chi connectivity index (χ0n) is 12.6. The summed E-state index contributed by atoms with van der Waals surface area (Å²) in [7, 11) is 2.13. The van der Waals surface area contributed by atoms with Crippen LogP contribution in [0.3, 0.4) is 0 Å². The van der Waals surface area contributed by atoms with Gasteiger partial charge in [0, 0.05) is 38.1 Å². The molecule has 7 heteroatoms. The molecular formula is C15H19ClN6. The lowest BCUT2D eigenvalue weighted by molar-refractivity contribution is 0.197. The maximum Gasteiger partial charge on any atom is 0.225 e. The molecule has 1 aliphatic rings. The zero-order chi connectivity index (χ0) is 15.4. The van der Waals surface area contributed by atoms with Gasteiger partial charge in [-0.3, -0.25) is 9.88 Å². The minimum atomic E-state index is 0.433. The molecule has 2 aromatic rings. The number of nitrogens with zero attached hydrogens (tertiary/aromatic N) is 6. The number of aromatic nitrogens is 4. The Morgan fingerprint density at radius 2 is 1.86 bits per heavy atom. The number of hydrogen-bond donors (Lipinski definition) is 0. The van der Waals surface area contributed by atoms with Gasteiger partial charge in [-0.05, 0) is 26.0 Å². The highest BCUT2D eigenvalue weighted by Crippen LogP contribution is 2.19. The number of rotatable bonds is 4. The average molecular weight is 319 g/mol. The van der Waals surface area contributed by atoms with Crippen molar-refractivity contribution in [1.29, 1.82) is 0 Å². The number of halogens is 1. The second-order valence-corrected chi connectivity index (χ2v) is 5.90.